The van der Waals surface area contributed by atoms with Crippen molar-refractivity contribution in [1.29, 1.82) is 0 Å². The Morgan fingerprint density at radius 2 is 1.90 bits per heavy atom. The molecule has 1 unspecified atom stereocenters. The van der Waals surface area contributed by atoms with E-state index in [-0.39, 0.29) is 0 Å². The molecule has 0 spiro atoms. The summed E-state index contributed by atoms with van der Waals surface area (Å²) in [6.45, 7) is 7.60. The lowest BCUT2D eigenvalue weighted by Gasteiger charge is -2.16. The summed E-state index contributed by atoms with van der Waals surface area (Å²) in [7, 11) is 2.09. The minimum Gasteiger partial charge on any atom is -0.317 e. The Morgan fingerprint density at radius 3 is 2.50 bits per heavy atom. The van der Waals surface area contributed by atoms with Gasteiger partial charge in [0, 0.05) is 24.7 Å². The first-order valence-electron chi connectivity index (χ1n) is 8.47. The zero-order valence-electron chi connectivity index (χ0n) is 13.9. The molecule has 1 atom stereocenters. The fraction of sp³-hybridized carbons (Fsp3) is 0.824. The topological polar surface area (TPSA) is 29.9 Å². The second-order valence-electron chi connectivity index (χ2n) is 5.69. The smallest absolute Gasteiger partial charge is 0.0624 e. The van der Waals surface area contributed by atoms with Crippen LogP contribution in [0.25, 0.3) is 0 Å². The summed E-state index contributed by atoms with van der Waals surface area (Å²) in [6.07, 6.45) is 10.2. The standard InChI is InChI=1S/C17H33N3/c1-5-8-9-10-11-12-16(18-4)14-17-13-15(6-2)19-20(17)7-3/h13,16,18H,5-12,14H2,1-4H3. The highest BCUT2D eigenvalue weighted by Crippen LogP contribution is 2.13. The van der Waals surface area contributed by atoms with Gasteiger partial charge >= 0.3 is 0 Å². The van der Waals surface area contributed by atoms with Gasteiger partial charge in [0.15, 0.2) is 0 Å². The van der Waals surface area contributed by atoms with Crippen molar-refractivity contribution in [3.8, 4) is 0 Å². The Morgan fingerprint density at radius 1 is 1.15 bits per heavy atom. The molecule has 1 aromatic rings. The highest BCUT2D eigenvalue weighted by atomic mass is 15.3. The summed E-state index contributed by atoms with van der Waals surface area (Å²) < 4.78 is 2.17. The number of nitrogens with zero attached hydrogens (tertiary/aromatic N) is 2. The predicted octanol–water partition coefficient (Wildman–Crippen LogP) is 3.96. The zero-order valence-corrected chi connectivity index (χ0v) is 13.9. The molecule has 0 fully saturated rings. The maximum atomic E-state index is 4.64. The summed E-state index contributed by atoms with van der Waals surface area (Å²) in [4.78, 5) is 0. The summed E-state index contributed by atoms with van der Waals surface area (Å²) in [5.74, 6) is 0. The molecule has 0 amide bonds. The van der Waals surface area contributed by atoms with Gasteiger partial charge in [-0.05, 0) is 32.9 Å². The number of rotatable bonds is 11. The Kier molecular flexibility index (Phi) is 8.59. The maximum absolute atomic E-state index is 4.64. The van der Waals surface area contributed by atoms with Crippen LogP contribution in [0.15, 0.2) is 6.07 Å². The van der Waals surface area contributed by atoms with E-state index in [1.807, 2.05) is 0 Å². The first-order chi connectivity index (χ1) is 9.74. The lowest BCUT2D eigenvalue weighted by molar-refractivity contribution is 0.465. The van der Waals surface area contributed by atoms with E-state index in [1.165, 1.54) is 49.9 Å². The summed E-state index contributed by atoms with van der Waals surface area (Å²) in [5.41, 5.74) is 2.61. The molecule has 0 aliphatic heterocycles. The highest BCUT2D eigenvalue weighted by molar-refractivity contribution is 5.12. The molecule has 0 bridgehead atoms. The SMILES string of the molecule is CCCCCCCC(Cc1cc(CC)nn1CC)NC. The van der Waals surface area contributed by atoms with Crippen LogP contribution in [0.4, 0.5) is 0 Å². The van der Waals surface area contributed by atoms with Gasteiger partial charge in [-0.3, -0.25) is 4.68 Å². The first-order valence-corrected chi connectivity index (χ1v) is 8.47. The van der Waals surface area contributed by atoms with Gasteiger partial charge in [-0.15, -0.1) is 0 Å². The number of aryl methyl sites for hydroxylation is 2. The Labute approximate surface area is 125 Å². The number of hydrogen-bond donors (Lipinski definition) is 1. The van der Waals surface area contributed by atoms with Crippen LogP contribution in [0.1, 0.15) is 70.7 Å². The van der Waals surface area contributed by atoms with Gasteiger partial charge in [0.25, 0.3) is 0 Å². The number of hydrogen-bond acceptors (Lipinski definition) is 2. The van der Waals surface area contributed by atoms with Crippen LogP contribution in [0, 0.1) is 0 Å². The van der Waals surface area contributed by atoms with Crippen LogP contribution >= 0.6 is 0 Å². The molecule has 116 valence electrons. The molecular formula is C17H33N3. The summed E-state index contributed by atoms with van der Waals surface area (Å²) in [6, 6.07) is 2.87. The van der Waals surface area contributed by atoms with Crippen molar-refractivity contribution in [3.05, 3.63) is 17.5 Å². The molecule has 0 radical (unpaired) electrons. The average Bonchev–Trinajstić information content (AvgIpc) is 2.87. The van der Waals surface area contributed by atoms with E-state index >= 15 is 0 Å². The van der Waals surface area contributed by atoms with Crippen molar-refractivity contribution in [1.82, 2.24) is 15.1 Å². The van der Waals surface area contributed by atoms with Crippen molar-refractivity contribution in [3.63, 3.8) is 0 Å². The number of nitrogens with one attached hydrogen (secondary N) is 1. The van der Waals surface area contributed by atoms with Crippen molar-refractivity contribution in [2.45, 2.75) is 84.7 Å². The molecule has 0 aliphatic carbocycles. The van der Waals surface area contributed by atoms with E-state index in [0.29, 0.717) is 6.04 Å². The molecule has 0 aliphatic rings. The van der Waals surface area contributed by atoms with Crippen molar-refractivity contribution in [2.75, 3.05) is 7.05 Å². The third kappa shape index (κ3) is 5.66. The lowest BCUT2D eigenvalue weighted by atomic mass is 10.0. The molecule has 3 nitrogen and oxygen atoms in total. The minimum atomic E-state index is 0.586. The van der Waals surface area contributed by atoms with E-state index in [0.717, 1.165) is 19.4 Å². The molecule has 0 saturated carbocycles. The minimum absolute atomic E-state index is 0.586. The van der Waals surface area contributed by atoms with Crippen molar-refractivity contribution in [2.24, 2.45) is 0 Å². The maximum Gasteiger partial charge on any atom is 0.0624 e. The quantitative estimate of drug-likeness (QED) is 0.621. The van der Waals surface area contributed by atoms with Gasteiger partial charge in [-0.2, -0.15) is 5.10 Å². The Bertz CT molecular complexity index is 357. The summed E-state index contributed by atoms with van der Waals surface area (Å²) >= 11 is 0. The third-order valence-electron chi connectivity index (χ3n) is 4.10. The monoisotopic (exact) mass is 279 g/mol. The van der Waals surface area contributed by atoms with Gasteiger partial charge in [0.2, 0.25) is 0 Å². The molecular weight excluding hydrogens is 246 g/mol. The molecule has 1 rings (SSSR count). The van der Waals surface area contributed by atoms with Crippen molar-refractivity contribution < 1.29 is 0 Å². The van der Waals surface area contributed by atoms with Gasteiger partial charge in [0.05, 0.1) is 5.69 Å². The van der Waals surface area contributed by atoms with E-state index in [4.69, 9.17) is 0 Å². The van der Waals surface area contributed by atoms with Crippen LogP contribution in [-0.2, 0) is 19.4 Å². The number of aromatic nitrogens is 2. The average molecular weight is 279 g/mol. The molecule has 0 aromatic carbocycles. The second kappa shape index (κ2) is 9.98. The van der Waals surface area contributed by atoms with Crippen LogP contribution in [0.5, 0.6) is 0 Å². The fourth-order valence-corrected chi connectivity index (χ4v) is 2.72. The molecule has 1 heterocycles. The van der Waals surface area contributed by atoms with E-state index < -0.39 is 0 Å². The van der Waals surface area contributed by atoms with Crippen molar-refractivity contribution >= 4 is 0 Å². The molecule has 1 aromatic heterocycles. The van der Waals surface area contributed by atoms with Gasteiger partial charge < -0.3 is 5.32 Å². The number of likely N-dealkylation sites (N-methyl/N-ethyl adjacent to an activating group) is 1. The Balaban J connectivity index is 2.44. The number of unbranched alkanes of at least 4 members (excludes halogenated alkanes) is 4. The molecule has 3 heteroatoms. The van der Waals surface area contributed by atoms with Crippen LogP contribution in [0.2, 0.25) is 0 Å². The van der Waals surface area contributed by atoms with Crippen LogP contribution in [0.3, 0.4) is 0 Å². The first kappa shape index (κ1) is 17.2. The van der Waals surface area contributed by atoms with Gasteiger partial charge in [-0.25, -0.2) is 0 Å². The predicted molar refractivity (Wildman–Crippen MR) is 87.2 cm³/mol. The van der Waals surface area contributed by atoms with Gasteiger partial charge in [-0.1, -0.05) is 46.0 Å². The molecule has 0 saturated heterocycles. The van der Waals surface area contributed by atoms with E-state index in [2.05, 4.69) is 49.0 Å². The fourth-order valence-electron chi connectivity index (χ4n) is 2.72. The van der Waals surface area contributed by atoms with Crippen LogP contribution < -0.4 is 5.32 Å². The largest absolute Gasteiger partial charge is 0.317 e. The Hall–Kier alpha value is -0.830. The molecule has 1 N–H and O–H groups in total. The normalized spacial score (nSPS) is 12.8. The summed E-state index contributed by atoms with van der Waals surface area (Å²) in [5, 5.41) is 8.12. The zero-order chi connectivity index (χ0) is 14.8. The second-order valence-corrected chi connectivity index (χ2v) is 5.69. The van der Waals surface area contributed by atoms with Crippen LogP contribution in [-0.4, -0.2) is 22.9 Å². The lowest BCUT2D eigenvalue weighted by Crippen LogP contribution is -2.28. The molecule has 20 heavy (non-hydrogen) atoms. The van der Waals surface area contributed by atoms with Gasteiger partial charge in [0.1, 0.15) is 0 Å². The highest BCUT2D eigenvalue weighted by Gasteiger charge is 2.12. The third-order valence-corrected chi connectivity index (χ3v) is 4.10. The van der Waals surface area contributed by atoms with E-state index in [1.54, 1.807) is 0 Å². The van der Waals surface area contributed by atoms with E-state index in [9.17, 15) is 0 Å².